The Labute approximate surface area is 158 Å². The zero-order chi connectivity index (χ0) is 19.4. The topological polar surface area (TPSA) is 107 Å². The van der Waals surface area contributed by atoms with Gasteiger partial charge in [-0.1, -0.05) is 38.1 Å². The zero-order valence-corrected chi connectivity index (χ0v) is 15.5. The number of nitrogens with two attached hydrogens (primary N) is 2. The highest BCUT2D eigenvalue weighted by Crippen LogP contribution is 2.19. The molecule has 2 aromatic carbocycles. The number of carbonyl (C=O) groups is 1. The molecule has 5 N–H and O–H groups in total. The van der Waals surface area contributed by atoms with Crippen molar-refractivity contribution in [3.05, 3.63) is 77.5 Å². The third kappa shape index (κ3) is 4.74. The van der Waals surface area contributed by atoms with E-state index >= 15 is 0 Å². The first kappa shape index (κ1) is 18.7. The predicted octanol–water partition coefficient (Wildman–Crippen LogP) is 3.76. The number of rotatable bonds is 6. The highest BCUT2D eigenvalue weighted by Gasteiger charge is 2.19. The minimum absolute atomic E-state index is 0.174. The van der Waals surface area contributed by atoms with Crippen LogP contribution in [0.1, 0.15) is 47.4 Å². The summed E-state index contributed by atoms with van der Waals surface area (Å²) in [7, 11) is 0. The van der Waals surface area contributed by atoms with Crippen molar-refractivity contribution in [2.45, 2.75) is 26.3 Å². The number of nitrogens with zero attached hydrogens (tertiary/aromatic N) is 1. The lowest BCUT2D eigenvalue weighted by Gasteiger charge is -2.10. The average molecular weight is 364 g/mol. The van der Waals surface area contributed by atoms with Crippen LogP contribution in [0.5, 0.6) is 0 Å². The van der Waals surface area contributed by atoms with Gasteiger partial charge in [0.15, 0.2) is 5.69 Å². The second-order valence-electron chi connectivity index (χ2n) is 6.91. The van der Waals surface area contributed by atoms with Crippen molar-refractivity contribution in [1.82, 2.24) is 4.98 Å². The Balaban J connectivity index is 1.62. The summed E-state index contributed by atoms with van der Waals surface area (Å²) in [5, 5.41) is 2.82. The summed E-state index contributed by atoms with van der Waals surface area (Å²) in [5.41, 5.74) is 15.7. The van der Waals surface area contributed by atoms with Gasteiger partial charge in [0.05, 0.1) is 6.04 Å². The van der Waals surface area contributed by atoms with Gasteiger partial charge in [0, 0.05) is 11.4 Å². The van der Waals surface area contributed by atoms with E-state index in [1.54, 1.807) is 0 Å². The van der Waals surface area contributed by atoms with Crippen molar-refractivity contribution in [2.75, 3.05) is 11.1 Å². The molecule has 1 unspecified atom stereocenters. The molecule has 0 radical (unpaired) electrons. The molecule has 1 heterocycles. The summed E-state index contributed by atoms with van der Waals surface area (Å²) in [6.45, 7) is 3.95. The van der Waals surface area contributed by atoms with Crippen molar-refractivity contribution in [3.8, 4) is 0 Å². The van der Waals surface area contributed by atoms with E-state index in [-0.39, 0.29) is 23.6 Å². The first-order valence-corrected chi connectivity index (χ1v) is 8.88. The fourth-order valence-corrected chi connectivity index (χ4v) is 2.60. The van der Waals surface area contributed by atoms with Gasteiger partial charge in [-0.25, -0.2) is 4.98 Å². The summed E-state index contributed by atoms with van der Waals surface area (Å²) >= 11 is 0. The van der Waals surface area contributed by atoms with Crippen LogP contribution in [0.15, 0.2) is 59.2 Å². The van der Waals surface area contributed by atoms with Crippen molar-refractivity contribution in [2.24, 2.45) is 11.7 Å². The van der Waals surface area contributed by atoms with Gasteiger partial charge < -0.3 is 21.2 Å². The van der Waals surface area contributed by atoms with Crippen LogP contribution < -0.4 is 16.8 Å². The first-order valence-electron chi connectivity index (χ1n) is 8.88. The van der Waals surface area contributed by atoms with Crippen LogP contribution in [-0.4, -0.2) is 10.9 Å². The molecule has 1 atom stereocenters. The van der Waals surface area contributed by atoms with Crippen molar-refractivity contribution in [1.29, 1.82) is 0 Å². The minimum atomic E-state index is -0.334. The number of nitrogen functional groups attached to an aromatic ring is 1. The number of anilines is 2. The zero-order valence-electron chi connectivity index (χ0n) is 15.5. The van der Waals surface area contributed by atoms with E-state index in [0.717, 1.165) is 17.7 Å². The highest BCUT2D eigenvalue weighted by atomic mass is 16.3. The van der Waals surface area contributed by atoms with Gasteiger partial charge in [-0.05, 0) is 47.7 Å². The quantitative estimate of drug-likeness (QED) is 0.577. The maximum absolute atomic E-state index is 12.3. The smallest absolute Gasteiger partial charge is 0.277 e. The van der Waals surface area contributed by atoms with Crippen LogP contribution in [0, 0.1) is 5.92 Å². The molecule has 27 heavy (non-hydrogen) atoms. The number of aromatic nitrogens is 1. The van der Waals surface area contributed by atoms with E-state index in [1.165, 1.54) is 11.8 Å². The van der Waals surface area contributed by atoms with Crippen LogP contribution >= 0.6 is 0 Å². The molecule has 0 aliphatic heterocycles. The van der Waals surface area contributed by atoms with E-state index in [9.17, 15) is 4.79 Å². The lowest BCUT2D eigenvalue weighted by Crippen LogP contribution is -2.18. The van der Waals surface area contributed by atoms with Crippen LogP contribution in [0.3, 0.4) is 0 Å². The molecule has 3 aromatic rings. The molecule has 6 nitrogen and oxygen atoms in total. The molecule has 0 bridgehead atoms. The monoisotopic (exact) mass is 364 g/mol. The lowest BCUT2D eigenvalue weighted by atomic mass is 10.0. The van der Waals surface area contributed by atoms with Crippen LogP contribution in [0.25, 0.3) is 0 Å². The molecular formula is C21H24N4O2. The summed E-state index contributed by atoms with van der Waals surface area (Å²) in [6.07, 6.45) is 2.14. The third-order valence-electron chi connectivity index (χ3n) is 4.36. The fourth-order valence-electron chi connectivity index (χ4n) is 2.60. The Morgan fingerprint density at radius 3 is 2.26 bits per heavy atom. The van der Waals surface area contributed by atoms with Gasteiger partial charge in [0.25, 0.3) is 5.91 Å². The van der Waals surface area contributed by atoms with Crippen LogP contribution in [0.4, 0.5) is 11.4 Å². The molecule has 0 fully saturated rings. The van der Waals surface area contributed by atoms with Crippen molar-refractivity contribution < 1.29 is 9.21 Å². The molecule has 0 aliphatic carbocycles. The molecule has 6 heteroatoms. The second-order valence-corrected chi connectivity index (χ2v) is 6.91. The minimum Gasteiger partial charge on any atom is -0.446 e. The Hall–Kier alpha value is -3.12. The summed E-state index contributed by atoms with van der Waals surface area (Å²) in [5.74, 6) is 0.217. The normalized spacial score (nSPS) is 12.1. The average Bonchev–Trinajstić information content (AvgIpc) is 3.14. The number of carbonyl (C=O) groups excluding carboxylic acids is 1. The number of oxazole rings is 1. The van der Waals surface area contributed by atoms with Gasteiger partial charge in [-0.3, -0.25) is 4.79 Å². The Morgan fingerprint density at radius 1 is 1.07 bits per heavy atom. The van der Waals surface area contributed by atoms with Gasteiger partial charge in [-0.2, -0.15) is 0 Å². The van der Waals surface area contributed by atoms with Crippen molar-refractivity contribution in [3.63, 3.8) is 0 Å². The first-order chi connectivity index (χ1) is 12.9. The van der Waals surface area contributed by atoms with Crippen LogP contribution in [0.2, 0.25) is 0 Å². The van der Waals surface area contributed by atoms with Gasteiger partial charge in [-0.15, -0.1) is 0 Å². The summed E-state index contributed by atoms with van der Waals surface area (Å²) in [4.78, 5) is 16.5. The molecule has 0 saturated heterocycles. The maximum Gasteiger partial charge on any atom is 0.277 e. The van der Waals surface area contributed by atoms with E-state index in [1.807, 2.05) is 62.4 Å². The van der Waals surface area contributed by atoms with E-state index in [2.05, 4.69) is 10.3 Å². The molecule has 0 spiro atoms. The summed E-state index contributed by atoms with van der Waals surface area (Å²) in [6, 6.07) is 15.2. The van der Waals surface area contributed by atoms with Gasteiger partial charge in [0.2, 0.25) is 5.89 Å². The standard InChI is InChI=1S/C21H24N4O2/c1-13(2)19(23)21-25-18(12-27-21)20(26)24-17-9-5-15(6-10-17)11-14-3-7-16(22)8-4-14/h3-10,12-13,19H,11,22-23H2,1-2H3,(H,24,26). The fraction of sp³-hybridized carbons (Fsp3) is 0.238. The molecule has 0 saturated carbocycles. The number of hydrogen-bond acceptors (Lipinski definition) is 5. The largest absolute Gasteiger partial charge is 0.446 e. The third-order valence-corrected chi connectivity index (χ3v) is 4.36. The molecule has 1 aromatic heterocycles. The number of hydrogen-bond donors (Lipinski definition) is 3. The number of benzene rings is 2. The second kappa shape index (κ2) is 8.05. The predicted molar refractivity (Wildman–Crippen MR) is 106 cm³/mol. The molecule has 0 aliphatic rings. The van der Waals surface area contributed by atoms with Crippen molar-refractivity contribution >= 4 is 17.3 Å². The Morgan fingerprint density at radius 2 is 1.67 bits per heavy atom. The molecule has 3 rings (SSSR count). The highest BCUT2D eigenvalue weighted by molar-refractivity contribution is 6.02. The van der Waals surface area contributed by atoms with E-state index in [4.69, 9.17) is 15.9 Å². The van der Waals surface area contributed by atoms with Crippen LogP contribution in [-0.2, 0) is 6.42 Å². The van der Waals surface area contributed by atoms with Gasteiger partial charge >= 0.3 is 0 Å². The lowest BCUT2D eigenvalue weighted by molar-refractivity contribution is 0.102. The molecular weight excluding hydrogens is 340 g/mol. The SMILES string of the molecule is CC(C)C(N)c1nc(C(=O)Nc2ccc(Cc3ccc(N)cc3)cc2)co1. The molecule has 1 amide bonds. The summed E-state index contributed by atoms with van der Waals surface area (Å²) < 4.78 is 5.33. The maximum atomic E-state index is 12.3. The Kier molecular flexibility index (Phi) is 5.57. The Bertz CT molecular complexity index is 899. The van der Waals surface area contributed by atoms with Gasteiger partial charge in [0.1, 0.15) is 6.26 Å². The van der Waals surface area contributed by atoms with E-state index in [0.29, 0.717) is 11.6 Å². The number of amides is 1. The molecule has 140 valence electrons. The van der Waals surface area contributed by atoms with E-state index < -0.39 is 0 Å². The number of nitrogens with one attached hydrogen (secondary N) is 1.